The van der Waals surface area contributed by atoms with Gasteiger partial charge in [-0.05, 0) is 24.3 Å². The zero-order valence-corrected chi connectivity index (χ0v) is 12.1. The SMILES string of the molecule is Nc1ccc(Oc2ccc(N)cc2OC(F)(F)F)c(OC(F)(F)F)c1. The average molecular weight is 368 g/mol. The van der Waals surface area contributed by atoms with Crippen molar-refractivity contribution in [3.8, 4) is 23.0 Å². The molecule has 0 aliphatic heterocycles. The molecule has 2 aromatic carbocycles. The van der Waals surface area contributed by atoms with Gasteiger partial charge in [0, 0.05) is 23.5 Å². The second-order valence-corrected chi connectivity index (χ2v) is 4.61. The molecule has 0 saturated carbocycles. The summed E-state index contributed by atoms with van der Waals surface area (Å²) in [6.07, 6.45) is -10.1. The molecule has 11 heteroatoms. The first-order valence-corrected chi connectivity index (χ1v) is 6.41. The molecule has 0 aromatic heterocycles. The van der Waals surface area contributed by atoms with Crippen LogP contribution in [0.1, 0.15) is 0 Å². The molecule has 25 heavy (non-hydrogen) atoms. The minimum Gasteiger partial charge on any atom is -0.450 e. The number of hydrogen-bond donors (Lipinski definition) is 2. The quantitative estimate of drug-likeness (QED) is 0.616. The van der Waals surface area contributed by atoms with Crippen LogP contribution in [-0.4, -0.2) is 12.7 Å². The molecule has 5 nitrogen and oxygen atoms in total. The Morgan fingerprint density at radius 3 is 1.28 bits per heavy atom. The highest BCUT2D eigenvalue weighted by molar-refractivity contribution is 5.57. The number of benzene rings is 2. The lowest BCUT2D eigenvalue weighted by Crippen LogP contribution is -2.18. The predicted octanol–water partition coefficient (Wildman–Crippen LogP) is 4.44. The Morgan fingerprint density at radius 1 is 0.600 bits per heavy atom. The van der Waals surface area contributed by atoms with Crippen molar-refractivity contribution in [2.45, 2.75) is 12.7 Å². The molecule has 0 saturated heterocycles. The van der Waals surface area contributed by atoms with Gasteiger partial charge in [-0.2, -0.15) is 0 Å². The number of ether oxygens (including phenoxy) is 3. The van der Waals surface area contributed by atoms with E-state index >= 15 is 0 Å². The Balaban J connectivity index is 2.40. The molecular formula is C14H10F6N2O3. The Bertz CT molecular complexity index is 698. The van der Waals surface area contributed by atoms with E-state index in [0.29, 0.717) is 0 Å². The standard InChI is InChI=1S/C14H10F6N2O3/c15-13(16,17)24-11-5-7(21)1-3-9(11)23-10-4-2-8(22)6-12(10)25-14(18,19)20/h1-6H,21-22H2. The maximum atomic E-state index is 12.4. The van der Waals surface area contributed by atoms with Gasteiger partial charge >= 0.3 is 12.7 Å². The summed E-state index contributed by atoms with van der Waals surface area (Å²) >= 11 is 0. The number of nitrogen functional groups attached to an aromatic ring is 2. The van der Waals surface area contributed by atoms with E-state index in [9.17, 15) is 26.3 Å². The molecule has 4 N–H and O–H groups in total. The van der Waals surface area contributed by atoms with E-state index in [1.54, 1.807) is 0 Å². The van der Waals surface area contributed by atoms with E-state index in [2.05, 4.69) is 9.47 Å². The van der Waals surface area contributed by atoms with Crippen molar-refractivity contribution in [1.29, 1.82) is 0 Å². The molecule has 0 aliphatic rings. The Kier molecular flexibility index (Phi) is 4.77. The average Bonchev–Trinajstić information content (AvgIpc) is 2.41. The number of nitrogens with two attached hydrogens (primary N) is 2. The van der Waals surface area contributed by atoms with Crippen molar-refractivity contribution >= 4 is 11.4 Å². The van der Waals surface area contributed by atoms with Gasteiger partial charge in [-0.15, -0.1) is 26.3 Å². The van der Waals surface area contributed by atoms with E-state index in [1.807, 2.05) is 0 Å². The fraction of sp³-hybridized carbons (Fsp3) is 0.143. The van der Waals surface area contributed by atoms with Crippen molar-refractivity contribution in [1.82, 2.24) is 0 Å². The molecule has 0 bridgehead atoms. The van der Waals surface area contributed by atoms with Crippen molar-refractivity contribution in [2.24, 2.45) is 0 Å². The third-order valence-electron chi connectivity index (χ3n) is 2.61. The first kappa shape index (κ1) is 18.4. The minimum atomic E-state index is -5.06. The van der Waals surface area contributed by atoms with Gasteiger partial charge in [0.2, 0.25) is 0 Å². The van der Waals surface area contributed by atoms with Crippen LogP contribution in [0.25, 0.3) is 0 Å². The van der Waals surface area contributed by atoms with Gasteiger partial charge in [-0.3, -0.25) is 0 Å². The number of rotatable bonds is 4. The highest BCUT2D eigenvalue weighted by Gasteiger charge is 2.34. The molecule has 0 unspecified atom stereocenters. The van der Waals surface area contributed by atoms with Crippen LogP contribution in [0.4, 0.5) is 37.7 Å². The second-order valence-electron chi connectivity index (χ2n) is 4.61. The first-order valence-electron chi connectivity index (χ1n) is 6.41. The van der Waals surface area contributed by atoms with Crippen LogP contribution in [-0.2, 0) is 0 Å². The van der Waals surface area contributed by atoms with Crippen LogP contribution < -0.4 is 25.7 Å². The predicted molar refractivity (Wildman–Crippen MR) is 75.1 cm³/mol. The maximum Gasteiger partial charge on any atom is 0.573 e. The molecule has 0 aliphatic carbocycles. The molecule has 0 radical (unpaired) electrons. The minimum absolute atomic E-state index is 0.0735. The third-order valence-corrected chi connectivity index (χ3v) is 2.61. The zero-order valence-electron chi connectivity index (χ0n) is 12.1. The van der Waals surface area contributed by atoms with Crippen LogP contribution in [0.5, 0.6) is 23.0 Å². The summed E-state index contributed by atoms with van der Waals surface area (Å²) in [5.41, 5.74) is 10.6. The smallest absolute Gasteiger partial charge is 0.450 e. The van der Waals surface area contributed by atoms with Crippen molar-refractivity contribution in [2.75, 3.05) is 11.5 Å². The van der Waals surface area contributed by atoms with E-state index in [4.69, 9.17) is 16.2 Å². The number of anilines is 2. The normalized spacial score (nSPS) is 11.9. The largest absolute Gasteiger partial charge is 0.573 e. The van der Waals surface area contributed by atoms with Gasteiger partial charge in [-0.1, -0.05) is 0 Å². The lowest BCUT2D eigenvalue weighted by atomic mass is 10.2. The fourth-order valence-corrected chi connectivity index (χ4v) is 1.75. The van der Waals surface area contributed by atoms with Crippen LogP contribution >= 0.6 is 0 Å². The molecule has 0 amide bonds. The zero-order chi connectivity index (χ0) is 18.8. The van der Waals surface area contributed by atoms with E-state index in [0.717, 1.165) is 24.3 Å². The first-order chi connectivity index (χ1) is 11.4. The summed E-state index contributed by atoms with van der Waals surface area (Å²) in [6.45, 7) is 0. The summed E-state index contributed by atoms with van der Waals surface area (Å²) < 4.78 is 87.2. The van der Waals surface area contributed by atoms with Crippen molar-refractivity contribution in [3.05, 3.63) is 36.4 Å². The summed E-state index contributed by atoms with van der Waals surface area (Å²) in [5, 5.41) is 0. The van der Waals surface area contributed by atoms with Crippen molar-refractivity contribution in [3.63, 3.8) is 0 Å². The van der Waals surface area contributed by atoms with Gasteiger partial charge < -0.3 is 25.7 Å². The van der Waals surface area contributed by atoms with Crippen LogP contribution in [0.3, 0.4) is 0 Å². The summed E-state index contributed by atoms with van der Waals surface area (Å²) in [6, 6.07) is 5.99. The summed E-state index contributed by atoms with van der Waals surface area (Å²) in [4.78, 5) is 0. The Hall–Kier alpha value is -2.98. The third kappa shape index (κ3) is 5.55. The van der Waals surface area contributed by atoms with Crippen LogP contribution in [0.2, 0.25) is 0 Å². The van der Waals surface area contributed by atoms with Gasteiger partial charge in [0.25, 0.3) is 0 Å². The topological polar surface area (TPSA) is 79.7 Å². The maximum absolute atomic E-state index is 12.4. The lowest BCUT2D eigenvalue weighted by molar-refractivity contribution is -0.275. The Labute approximate surface area is 136 Å². The molecule has 0 fully saturated rings. The second kappa shape index (κ2) is 6.49. The van der Waals surface area contributed by atoms with Gasteiger partial charge in [0.15, 0.2) is 23.0 Å². The molecule has 136 valence electrons. The van der Waals surface area contributed by atoms with Crippen molar-refractivity contribution < 1.29 is 40.6 Å². The van der Waals surface area contributed by atoms with Gasteiger partial charge in [-0.25, -0.2) is 0 Å². The monoisotopic (exact) mass is 368 g/mol. The van der Waals surface area contributed by atoms with Gasteiger partial charge in [0.1, 0.15) is 0 Å². The molecule has 0 spiro atoms. The summed E-state index contributed by atoms with van der Waals surface area (Å²) in [5.74, 6) is -2.71. The summed E-state index contributed by atoms with van der Waals surface area (Å²) in [7, 11) is 0. The van der Waals surface area contributed by atoms with Crippen LogP contribution in [0.15, 0.2) is 36.4 Å². The van der Waals surface area contributed by atoms with Gasteiger partial charge in [0.05, 0.1) is 0 Å². The molecule has 0 atom stereocenters. The molecular weight excluding hydrogens is 358 g/mol. The molecule has 0 heterocycles. The van der Waals surface area contributed by atoms with E-state index in [1.165, 1.54) is 12.1 Å². The number of hydrogen-bond acceptors (Lipinski definition) is 5. The lowest BCUT2D eigenvalue weighted by Gasteiger charge is -2.17. The number of alkyl halides is 6. The highest BCUT2D eigenvalue weighted by Crippen LogP contribution is 2.41. The molecule has 2 aromatic rings. The van der Waals surface area contributed by atoms with Crippen LogP contribution in [0, 0.1) is 0 Å². The van der Waals surface area contributed by atoms with E-state index in [-0.39, 0.29) is 11.4 Å². The fourth-order valence-electron chi connectivity index (χ4n) is 1.75. The highest BCUT2D eigenvalue weighted by atomic mass is 19.4. The number of halogens is 6. The Morgan fingerprint density at radius 2 is 0.960 bits per heavy atom. The molecule has 2 rings (SSSR count). The van der Waals surface area contributed by atoms with E-state index < -0.39 is 35.7 Å².